The molecular weight excluding hydrogens is 446 g/mol. The van der Waals surface area contributed by atoms with Crippen LogP contribution in [0.15, 0.2) is 29.2 Å². The van der Waals surface area contributed by atoms with E-state index in [1.807, 2.05) is 34.6 Å². The molecule has 0 spiro atoms. The maximum atomic E-state index is 12.5. The second-order valence-corrected chi connectivity index (χ2v) is 11.4. The smallest absolute Gasteiger partial charge is 0.338 e. The number of rotatable bonds is 11. The third-order valence-electron chi connectivity index (χ3n) is 6.16. The number of hydrogen-bond donors (Lipinski definition) is 1. The molecule has 0 aliphatic carbocycles. The van der Waals surface area contributed by atoms with Gasteiger partial charge in [-0.15, -0.1) is 0 Å². The zero-order valence-electron chi connectivity index (χ0n) is 20.3. The van der Waals surface area contributed by atoms with Crippen LogP contribution >= 0.6 is 0 Å². The van der Waals surface area contributed by atoms with Gasteiger partial charge in [-0.1, -0.05) is 34.6 Å². The standard InChI is InChI=1S/C24H35NO7S/c1-7-24(6,29)23(4,5)16-31-14-22(2,3)15-32-21(28)17-8-10-18(11-9-17)33(30)25-19(26)12-13-20(25)27/h8-11,29H,7,12-16H2,1-6H3. The Balaban J connectivity index is 1.88. The predicted octanol–water partition coefficient (Wildman–Crippen LogP) is 3.25. The number of benzene rings is 1. The number of aliphatic hydroxyl groups is 1. The molecule has 2 rings (SSSR count). The van der Waals surface area contributed by atoms with Crippen LogP contribution in [0.1, 0.15) is 71.2 Å². The second-order valence-electron chi connectivity index (χ2n) is 10.1. The summed E-state index contributed by atoms with van der Waals surface area (Å²) in [5.74, 6) is -1.47. The molecule has 1 heterocycles. The van der Waals surface area contributed by atoms with Crippen molar-refractivity contribution in [3.8, 4) is 0 Å². The average molecular weight is 482 g/mol. The summed E-state index contributed by atoms with van der Waals surface area (Å²) in [5.41, 5.74) is -1.45. The number of carbonyl (C=O) groups is 3. The molecule has 2 atom stereocenters. The molecule has 1 fully saturated rings. The molecule has 2 amide bonds. The van der Waals surface area contributed by atoms with E-state index in [9.17, 15) is 23.7 Å². The van der Waals surface area contributed by atoms with Crippen molar-refractivity contribution in [3.63, 3.8) is 0 Å². The normalized spacial score (nSPS) is 17.7. The van der Waals surface area contributed by atoms with Crippen molar-refractivity contribution in [2.75, 3.05) is 19.8 Å². The minimum absolute atomic E-state index is 0.0594. The van der Waals surface area contributed by atoms with Gasteiger partial charge in [0.05, 0.1) is 35.9 Å². The third-order valence-corrected chi connectivity index (χ3v) is 7.57. The van der Waals surface area contributed by atoms with E-state index in [2.05, 4.69) is 0 Å². The first-order chi connectivity index (χ1) is 15.2. The summed E-state index contributed by atoms with van der Waals surface area (Å²) >= 11 is 0. The molecule has 1 aromatic rings. The van der Waals surface area contributed by atoms with E-state index >= 15 is 0 Å². The number of amides is 2. The van der Waals surface area contributed by atoms with Gasteiger partial charge in [-0.3, -0.25) is 9.59 Å². The summed E-state index contributed by atoms with van der Waals surface area (Å²) < 4.78 is 24.6. The van der Waals surface area contributed by atoms with Crippen molar-refractivity contribution < 1.29 is 33.2 Å². The molecule has 8 nitrogen and oxygen atoms in total. The topological polar surface area (TPSA) is 110 Å². The molecule has 1 aromatic carbocycles. The first-order valence-corrected chi connectivity index (χ1v) is 12.2. The highest BCUT2D eigenvalue weighted by Gasteiger charge is 2.38. The first kappa shape index (κ1) is 27.1. The minimum Gasteiger partial charge on any atom is -0.461 e. The van der Waals surface area contributed by atoms with E-state index in [1.54, 1.807) is 6.92 Å². The summed E-state index contributed by atoms with van der Waals surface area (Å²) in [4.78, 5) is 36.2. The Bertz CT molecular complexity index is 890. The fraction of sp³-hybridized carbons (Fsp3) is 0.625. The number of ether oxygens (including phenoxy) is 2. The Morgan fingerprint density at radius 2 is 1.55 bits per heavy atom. The van der Waals surface area contributed by atoms with Crippen LogP contribution in [0.25, 0.3) is 0 Å². The Morgan fingerprint density at radius 1 is 1.00 bits per heavy atom. The Labute approximate surface area is 198 Å². The van der Waals surface area contributed by atoms with E-state index in [-0.39, 0.29) is 29.9 Å². The van der Waals surface area contributed by atoms with Gasteiger partial charge in [-0.2, -0.15) is 4.31 Å². The van der Waals surface area contributed by atoms with E-state index in [4.69, 9.17) is 9.47 Å². The summed E-state index contributed by atoms with van der Waals surface area (Å²) in [6.45, 7) is 12.3. The van der Waals surface area contributed by atoms with Gasteiger partial charge in [-0.25, -0.2) is 9.00 Å². The van der Waals surface area contributed by atoms with Crippen molar-refractivity contribution in [2.45, 2.75) is 71.3 Å². The molecule has 9 heteroatoms. The van der Waals surface area contributed by atoms with Gasteiger partial charge in [0.1, 0.15) is 0 Å². The highest BCUT2D eigenvalue weighted by atomic mass is 32.2. The highest BCUT2D eigenvalue weighted by Crippen LogP contribution is 2.34. The van der Waals surface area contributed by atoms with Crippen LogP contribution in [0.3, 0.4) is 0 Å². The lowest BCUT2D eigenvalue weighted by Crippen LogP contribution is -2.45. The van der Waals surface area contributed by atoms with Gasteiger partial charge in [-0.05, 0) is 37.6 Å². The van der Waals surface area contributed by atoms with Crippen LogP contribution < -0.4 is 0 Å². The van der Waals surface area contributed by atoms with Gasteiger partial charge >= 0.3 is 5.97 Å². The third kappa shape index (κ3) is 6.71. The average Bonchev–Trinajstić information content (AvgIpc) is 3.09. The summed E-state index contributed by atoms with van der Waals surface area (Å²) in [7, 11) is -1.93. The molecule has 184 valence electrons. The molecule has 0 bridgehead atoms. The Hall–Kier alpha value is -2.10. The molecule has 0 saturated carbocycles. The first-order valence-electron chi connectivity index (χ1n) is 11.1. The quantitative estimate of drug-likeness (QED) is 0.382. The zero-order chi connectivity index (χ0) is 25.0. The lowest BCUT2D eigenvalue weighted by Gasteiger charge is -2.40. The molecule has 1 saturated heterocycles. The van der Waals surface area contributed by atoms with Gasteiger partial charge in [0.2, 0.25) is 11.8 Å². The van der Waals surface area contributed by atoms with Gasteiger partial charge in [0.15, 0.2) is 11.0 Å². The molecule has 0 aromatic heterocycles. The van der Waals surface area contributed by atoms with Crippen molar-refractivity contribution in [2.24, 2.45) is 10.8 Å². The summed E-state index contributed by atoms with van der Waals surface area (Å²) in [6.07, 6.45) is 0.731. The molecule has 2 unspecified atom stereocenters. The van der Waals surface area contributed by atoms with Crippen LogP contribution in [-0.4, -0.2) is 56.8 Å². The Kier molecular flexibility index (Phi) is 8.59. The largest absolute Gasteiger partial charge is 0.461 e. The van der Waals surface area contributed by atoms with Crippen molar-refractivity contribution in [3.05, 3.63) is 29.8 Å². The maximum absolute atomic E-state index is 12.5. The fourth-order valence-electron chi connectivity index (χ4n) is 3.16. The minimum atomic E-state index is -1.93. The number of nitrogens with zero attached hydrogens (tertiary/aromatic N) is 1. The van der Waals surface area contributed by atoms with E-state index in [0.717, 1.165) is 4.31 Å². The van der Waals surface area contributed by atoms with E-state index in [0.29, 0.717) is 19.6 Å². The highest BCUT2D eigenvalue weighted by molar-refractivity contribution is 7.83. The van der Waals surface area contributed by atoms with Crippen LogP contribution in [-0.2, 0) is 30.0 Å². The van der Waals surface area contributed by atoms with Crippen LogP contribution in [0, 0.1) is 10.8 Å². The number of esters is 1. The van der Waals surface area contributed by atoms with Crippen molar-refractivity contribution in [1.29, 1.82) is 0 Å². The van der Waals surface area contributed by atoms with Gasteiger partial charge in [0, 0.05) is 23.7 Å². The van der Waals surface area contributed by atoms with E-state index in [1.165, 1.54) is 24.3 Å². The van der Waals surface area contributed by atoms with Crippen LogP contribution in [0.5, 0.6) is 0 Å². The van der Waals surface area contributed by atoms with Crippen LogP contribution in [0.4, 0.5) is 0 Å². The maximum Gasteiger partial charge on any atom is 0.338 e. The second kappa shape index (κ2) is 10.4. The molecule has 0 radical (unpaired) electrons. The Morgan fingerprint density at radius 3 is 2.06 bits per heavy atom. The van der Waals surface area contributed by atoms with Crippen molar-refractivity contribution in [1.82, 2.24) is 4.31 Å². The fourth-order valence-corrected chi connectivity index (χ4v) is 4.29. The SMILES string of the molecule is CCC(C)(O)C(C)(C)COCC(C)(C)COC(=O)c1ccc(S(=O)N2C(=O)CCC2=O)cc1. The zero-order valence-corrected chi connectivity index (χ0v) is 21.1. The number of carbonyl (C=O) groups excluding carboxylic acids is 3. The van der Waals surface area contributed by atoms with Crippen molar-refractivity contribution >= 4 is 28.8 Å². The van der Waals surface area contributed by atoms with Gasteiger partial charge < -0.3 is 14.6 Å². The molecule has 1 aliphatic rings. The lowest BCUT2D eigenvalue weighted by atomic mass is 9.75. The van der Waals surface area contributed by atoms with Crippen LogP contribution in [0.2, 0.25) is 0 Å². The molecule has 1 N–H and O–H groups in total. The predicted molar refractivity (Wildman–Crippen MR) is 124 cm³/mol. The molecular formula is C24H35NO7S. The summed E-state index contributed by atoms with van der Waals surface area (Å²) in [6, 6.07) is 5.81. The molecule has 1 aliphatic heterocycles. The van der Waals surface area contributed by atoms with Gasteiger partial charge in [0.25, 0.3) is 0 Å². The number of hydrogen-bond acceptors (Lipinski definition) is 7. The monoisotopic (exact) mass is 481 g/mol. The summed E-state index contributed by atoms with van der Waals surface area (Å²) in [5, 5.41) is 10.5. The lowest BCUT2D eigenvalue weighted by molar-refractivity contribution is -0.132. The van der Waals surface area contributed by atoms with E-state index < -0.39 is 45.2 Å². The number of imide groups is 1. The molecule has 33 heavy (non-hydrogen) atoms.